The van der Waals surface area contributed by atoms with E-state index < -0.39 is 0 Å². The Morgan fingerprint density at radius 3 is 2.79 bits per heavy atom. The fourth-order valence-corrected chi connectivity index (χ4v) is 2.25. The number of hydrogen-bond donors (Lipinski definition) is 1. The molecule has 0 amide bonds. The molecule has 14 heavy (non-hydrogen) atoms. The standard InChI is InChI=1S/C12H13NO/c14-12-4-2-9-5-8(1-3-11(9)12)10-6-13-7-10/h1,3,5,10,13H,2,4,6-7H2. The van der Waals surface area contributed by atoms with Crippen molar-refractivity contribution in [3.63, 3.8) is 0 Å². The molecule has 0 bridgehead atoms. The fraction of sp³-hybridized carbons (Fsp3) is 0.417. The van der Waals surface area contributed by atoms with Crippen LogP contribution in [0.4, 0.5) is 0 Å². The van der Waals surface area contributed by atoms with E-state index in [2.05, 4.69) is 17.4 Å². The minimum absolute atomic E-state index is 0.318. The number of nitrogens with one attached hydrogen (secondary N) is 1. The third kappa shape index (κ3) is 1.11. The molecule has 2 nitrogen and oxygen atoms in total. The highest BCUT2D eigenvalue weighted by atomic mass is 16.1. The molecule has 1 heterocycles. The number of benzene rings is 1. The Labute approximate surface area is 83.3 Å². The van der Waals surface area contributed by atoms with Crippen molar-refractivity contribution in [1.82, 2.24) is 5.32 Å². The van der Waals surface area contributed by atoms with Crippen LogP contribution in [0.1, 0.15) is 33.8 Å². The largest absolute Gasteiger partial charge is 0.315 e. The van der Waals surface area contributed by atoms with E-state index >= 15 is 0 Å². The summed E-state index contributed by atoms with van der Waals surface area (Å²) in [5.74, 6) is 0.995. The molecule has 1 aromatic carbocycles. The Morgan fingerprint density at radius 1 is 1.21 bits per heavy atom. The molecule has 0 spiro atoms. The van der Waals surface area contributed by atoms with Crippen LogP contribution in [0.15, 0.2) is 18.2 Å². The Hall–Kier alpha value is -1.15. The summed E-state index contributed by atoms with van der Waals surface area (Å²) in [7, 11) is 0. The van der Waals surface area contributed by atoms with Gasteiger partial charge in [0.2, 0.25) is 0 Å². The predicted molar refractivity (Wildman–Crippen MR) is 54.7 cm³/mol. The number of hydrogen-bond acceptors (Lipinski definition) is 2. The van der Waals surface area contributed by atoms with Gasteiger partial charge >= 0.3 is 0 Å². The van der Waals surface area contributed by atoms with E-state index in [4.69, 9.17) is 0 Å². The second kappa shape index (κ2) is 2.92. The summed E-state index contributed by atoms with van der Waals surface area (Å²) in [6.07, 6.45) is 1.66. The number of fused-ring (bicyclic) bond motifs is 1. The van der Waals surface area contributed by atoms with Gasteiger partial charge in [-0.05, 0) is 17.5 Å². The van der Waals surface area contributed by atoms with Crippen LogP contribution < -0.4 is 5.32 Å². The zero-order valence-electron chi connectivity index (χ0n) is 8.05. The van der Waals surface area contributed by atoms with E-state index in [1.54, 1.807) is 0 Å². The average Bonchev–Trinajstić information content (AvgIpc) is 2.45. The molecule has 0 saturated carbocycles. The molecule has 1 aliphatic carbocycles. The van der Waals surface area contributed by atoms with Crippen molar-refractivity contribution in [2.24, 2.45) is 0 Å². The Morgan fingerprint density at radius 2 is 2.07 bits per heavy atom. The van der Waals surface area contributed by atoms with Crippen LogP contribution in [0.5, 0.6) is 0 Å². The molecule has 1 aliphatic heterocycles. The van der Waals surface area contributed by atoms with Crippen LogP contribution in [0.3, 0.4) is 0 Å². The third-order valence-electron chi connectivity index (χ3n) is 3.30. The SMILES string of the molecule is O=C1CCc2cc(C3CNC3)ccc21. The maximum Gasteiger partial charge on any atom is 0.163 e. The van der Waals surface area contributed by atoms with Crippen molar-refractivity contribution in [2.75, 3.05) is 13.1 Å². The number of carbonyl (C=O) groups excluding carboxylic acids is 1. The summed E-state index contributed by atoms with van der Waals surface area (Å²) in [6.45, 7) is 2.18. The molecular weight excluding hydrogens is 174 g/mol. The van der Waals surface area contributed by atoms with Gasteiger partial charge in [0.25, 0.3) is 0 Å². The number of rotatable bonds is 1. The van der Waals surface area contributed by atoms with E-state index in [0.29, 0.717) is 18.1 Å². The first kappa shape index (κ1) is 8.18. The second-order valence-electron chi connectivity index (χ2n) is 4.19. The first-order valence-corrected chi connectivity index (χ1v) is 5.21. The molecule has 0 atom stereocenters. The van der Waals surface area contributed by atoms with Crippen molar-refractivity contribution in [1.29, 1.82) is 0 Å². The van der Waals surface area contributed by atoms with Crippen LogP contribution in [0.2, 0.25) is 0 Å². The molecule has 0 unspecified atom stereocenters. The Bertz CT molecular complexity index is 393. The molecule has 3 rings (SSSR count). The van der Waals surface area contributed by atoms with Crippen LogP contribution in [-0.4, -0.2) is 18.9 Å². The fourth-order valence-electron chi connectivity index (χ4n) is 2.25. The molecule has 0 radical (unpaired) electrons. The lowest BCUT2D eigenvalue weighted by Gasteiger charge is -2.27. The molecule has 1 N–H and O–H groups in total. The number of Topliss-reactive ketones (excluding diaryl/α,β-unsaturated/α-hetero) is 1. The van der Waals surface area contributed by atoms with Crippen LogP contribution in [0, 0.1) is 0 Å². The molecular formula is C12H13NO. The van der Waals surface area contributed by atoms with Gasteiger partial charge in [-0.25, -0.2) is 0 Å². The van der Waals surface area contributed by atoms with Crippen molar-refractivity contribution in [3.8, 4) is 0 Å². The predicted octanol–water partition coefficient (Wildman–Crippen LogP) is 1.50. The molecule has 0 aromatic heterocycles. The van der Waals surface area contributed by atoms with Gasteiger partial charge in [0.05, 0.1) is 0 Å². The van der Waals surface area contributed by atoms with E-state index in [1.165, 1.54) is 11.1 Å². The Kier molecular flexibility index (Phi) is 1.71. The summed E-state index contributed by atoms with van der Waals surface area (Å²) in [5, 5.41) is 3.27. The number of ketones is 1. The summed E-state index contributed by atoms with van der Waals surface area (Å²) in [4.78, 5) is 11.4. The van der Waals surface area contributed by atoms with Crippen molar-refractivity contribution in [2.45, 2.75) is 18.8 Å². The van der Waals surface area contributed by atoms with Gasteiger partial charge in [-0.15, -0.1) is 0 Å². The highest BCUT2D eigenvalue weighted by Gasteiger charge is 2.23. The first-order chi connectivity index (χ1) is 6.84. The highest BCUT2D eigenvalue weighted by molar-refractivity contribution is 6.00. The topological polar surface area (TPSA) is 29.1 Å². The zero-order chi connectivity index (χ0) is 9.54. The lowest BCUT2D eigenvalue weighted by molar-refractivity contribution is 0.0994. The molecule has 2 aliphatic rings. The second-order valence-corrected chi connectivity index (χ2v) is 4.19. The van der Waals surface area contributed by atoms with Crippen LogP contribution >= 0.6 is 0 Å². The van der Waals surface area contributed by atoms with Crippen LogP contribution in [-0.2, 0) is 6.42 Å². The Balaban J connectivity index is 1.98. The van der Waals surface area contributed by atoms with Gasteiger partial charge in [0.1, 0.15) is 0 Å². The van der Waals surface area contributed by atoms with Gasteiger partial charge in [-0.1, -0.05) is 18.2 Å². The van der Waals surface area contributed by atoms with Gasteiger partial charge in [0, 0.05) is 31.0 Å². The van der Waals surface area contributed by atoms with Gasteiger partial charge < -0.3 is 5.32 Å². The van der Waals surface area contributed by atoms with Gasteiger partial charge in [-0.2, -0.15) is 0 Å². The summed E-state index contributed by atoms with van der Waals surface area (Å²) in [5.41, 5.74) is 3.62. The lowest BCUT2D eigenvalue weighted by atomic mass is 9.91. The summed E-state index contributed by atoms with van der Waals surface area (Å²) >= 11 is 0. The average molecular weight is 187 g/mol. The number of aryl methyl sites for hydroxylation is 1. The van der Waals surface area contributed by atoms with E-state index in [9.17, 15) is 4.79 Å². The molecule has 2 heteroatoms. The monoisotopic (exact) mass is 187 g/mol. The van der Waals surface area contributed by atoms with Crippen molar-refractivity contribution < 1.29 is 4.79 Å². The van der Waals surface area contributed by atoms with Crippen LogP contribution in [0.25, 0.3) is 0 Å². The minimum atomic E-state index is 0.318. The number of carbonyl (C=O) groups is 1. The van der Waals surface area contributed by atoms with Crippen molar-refractivity contribution >= 4 is 5.78 Å². The smallest absolute Gasteiger partial charge is 0.163 e. The van der Waals surface area contributed by atoms with E-state index in [-0.39, 0.29) is 0 Å². The maximum atomic E-state index is 11.4. The quantitative estimate of drug-likeness (QED) is 0.722. The molecule has 1 saturated heterocycles. The molecule has 1 fully saturated rings. The summed E-state index contributed by atoms with van der Waals surface area (Å²) in [6, 6.07) is 6.36. The molecule has 1 aromatic rings. The normalized spacial score (nSPS) is 20.7. The van der Waals surface area contributed by atoms with Crippen molar-refractivity contribution in [3.05, 3.63) is 34.9 Å². The lowest BCUT2D eigenvalue weighted by Crippen LogP contribution is -2.39. The third-order valence-corrected chi connectivity index (χ3v) is 3.30. The van der Waals surface area contributed by atoms with Gasteiger partial charge in [0.15, 0.2) is 5.78 Å². The van der Waals surface area contributed by atoms with Gasteiger partial charge in [-0.3, -0.25) is 4.79 Å². The first-order valence-electron chi connectivity index (χ1n) is 5.21. The maximum absolute atomic E-state index is 11.4. The summed E-state index contributed by atoms with van der Waals surface area (Å²) < 4.78 is 0. The molecule has 72 valence electrons. The van der Waals surface area contributed by atoms with E-state index in [0.717, 1.165) is 25.1 Å². The van der Waals surface area contributed by atoms with E-state index in [1.807, 2.05) is 6.07 Å². The minimum Gasteiger partial charge on any atom is -0.315 e. The highest BCUT2D eigenvalue weighted by Crippen LogP contribution is 2.27. The zero-order valence-corrected chi connectivity index (χ0v) is 8.05.